The number of nitro groups is 2. The van der Waals surface area contributed by atoms with E-state index in [0.717, 1.165) is 109 Å². The van der Waals surface area contributed by atoms with Gasteiger partial charge >= 0.3 is 23.7 Å². The number of nitro benzene ring substituents is 2. The fraction of sp³-hybridized carbons (Fsp3) is 0.0263. The highest BCUT2D eigenvalue weighted by atomic mass is 127. The van der Waals surface area contributed by atoms with Crippen LogP contribution in [0.4, 0.5) is 90.4 Å². The average Bonchev–Trinajstić information content (AvgIpc) is 0.776. The highest BCUT2D eigenvalue weighted by molar-refractivity contribution is 14.1. The van der Waals surface area contributed by atoms with Gasteiger partial charge in [-0.15, -0.1) is 0 Å². The van der Waals surface area contributed by atoms with E-state index in [2.05, 4.69) is 31.9 Å². The van der Waals surface area contributed by atoms with Crippen molar-refractivity contribution in [3.05, 3.63) is 359 Å². The molecule has 124 heavy (non-hydrogen) atoms. The van der Waals surface area contributed by atoms with Crippen molar-refractivity contribution >= 4 is 147 Å². The molecule has 0 N–H and O–H groups in total. The van der Waals surface area contributed by atoms with E-state index in [9.17, 15) is 150 Å². The smallest absolute Gasteiger partial charge is 0.258 e. The number of alkyl halides is 6. The fourth-order valence-corrected chi connectivity index (χ4v) is 19.8. The second-order valence-corrected chi connectivity index (χ2v) is 39.5. The van der Waals surface area contributed by atoms with Crippen LogP contribution in [0.5, 0.6) is 0 Å². The third-order valence-corrected chi connectivity index (χ3v) is 29.1. The molecule has 0 aliphatic rings. The molecule has 0 saturated heterocycles. The molecule has 0 aromatic heterocycles. The van der Waals surface area contributed by atoms with Gasteiger partial charge in [0.25, 0.3) is 0 Å². The summed E-state index contributed by atoms with van der Waals surface area (Å²) in [6, 6.07) is 36.4. The molecule has 0 aliphatic carbocycles. The van der Waals surface area contributed by atoms with Crippen LogP contribution >= 0.6 is 77.0 Å². The lowest BCUT2D eigenvalue weighted by atomic mass is 10.2. The molecule has 0 amide bonds. The molecule has 20 nitrogen and oxygen atoms in total. The Morgan fingerprint density at radius 3 is 0.718 bits per heavy atom. The molecule has 0 fully saturated rings. The first kappa shape index (κ1) is 100. The minimum Gasteiger partial charge on any atom is -0.258 e. The molecule has 0 unspecified atom stereocenters. The second-order valence-electron chi connectivity index (χ2n) is 23.8. The van der Waals surface area contributed by atoms with Gasteiger partial charge in [-0.05, 0) is 295 Å². The van der Waals surface area contributed by atoms with Crippen molar-refractivity contribution in [3.8, 4) is 12.1 Å². The summed E-state index contributed by atoms with van der Waals surface area (Å²) < 4.78 is 381. The molecule has 12 aromatic rings. The van der Waals surface area contributed by atoms with Crippen LogP contribution in [0.25, 0.3) is 0 Å². The third kappa shape index (κ3) is 24.4. The highest BCUT2D eigenvalue weighted by Crippen LogP contribution is 2.39. The molecular formula is C76H38Br2F18I2N4O16S6. The van der Waals surface area contributed by atoms with Gasteiger partial charge in [0.15, 0.2) is 0 Å². The molecule has 0 radical (unpaired) electrons. The van der Waals surface area contributed by atoms with Crippen LogP contribution in [0, 0.1) is 120 Å². The average molecular weight is 2210 g/mol. The topological polar surface area (TPSA) is 339 Å². The number of nitriles is 2. The highest BCUT2D eigenvalue weighted by Gasteiger charge is 2.39. The number of halogens is 22. The lowest BCUT2D eigenvalue weighted by Crippen LogP contribution is -2.13. The number of hydrogen-bond donors (Lipinski definition) is 0. The largest absolute Gasteiger partial charge is 0.419 e. The fourth-order valence-electron chi connectivity index (χ4n) is 9.51. The van der Waals surface area contributed by atoms with Crippen LogP contribution in [0.2, 0.25) is 0 Å². The first-order chi connectivity index (χ1) is 57.4. The maximum absolute atomic E-state index is 13.3. The van der Waals surface area contributed by atoms with Crippen LogP contribution in [0.3, 0.4) is 0 Å². The second kappa shape index (κ2) is 40.5. The Kier molecular flexibility index (Phi) is 32.8. The van der Waals surface area contributed by atoms with Crippen LogP contribution < -0.4 is 0 Å². The first-order valence-corrected chi connectivity index (χ1v) is 44.9. The molecule has 12 aromatic carbocycles. The quantitative estimate of drug-likeness (QED) is 0.0321. The van der Waals surface area contributed by atoms with Crippen LogP contribution in [-0.4, -0.2) is 60.4 Å². The van der Waals surface area contributed by atoms with E-state index in [0.29, 0.717) is 36.4 Å². The summed E-state index contributed by atoms with van der Waals surface area (Å²) in [7, 11) is -24.6. The van der Waals surface area contributed by atoms with Crippen molar-refractivity contribution in [1.29, 1.82) is 10.5 Å². The van der Waals surface area contributed by atoms with Crippen LogP contribution in [-0.2, 0) is 71.4 Å². The van der Waals surface area contributed by atoms with Gasteiger partial charge in [0.1, 0.15) is 70.3 Å². The van der Waals surface area contributed by atoms with Crippen molar-refractivity contribution in [2.75, 3.05) is 0 Å². The molecule has 48 heteroatoms. The Bertz CT molecular complexity index is 6530. The standard InChI is InChI=1S/C14H6F8O2S.C14H6F2N2O2S.C12H6Br2F2O2S.C12H6F2I2O2S.C12H6F2N2O6S.C12H8F2O2S/c15-11-3-1-7(5-9(11)13(17,18)19)25(23,24)8-2-4-12(16)10(6-8)14(20,21)22;15-13-3-1-11(5-9(13)7-17)21(19,20)12-2-4-14(16)10(6-12)8-18;13-9-5-7(1-3-11(9)15)19(17,18)8-2-4-12(16)10(14)6-8;13-9-3-1-7(5-11(9)15)19(17,18)8-2-4-10(14)12(16)6-8;13-9-3-1-7(5-11(9)15(17)18)23(21,22)8-2-4-10(14)12(6-8)16(19)20;13-9-1-5-11(6-2-9)17(15,16)12-7-3-10(14)4-8-12/h1-6H;1-6H;2*1-6H;1-6H;1-8H. The summed E-state index contributed by atoms with van der Waals surface area (Å²) >= 11 is 9.30. The summed E-state index contributed by atoms with van der Waals surface area (Å²) in [5.41, 5.74) is -6.76. The molecule has 0 spiro atoms. The predicted molar refractivity (Wildman–Crippen MR) is 423 cm³/mol. The third-order valence-electron chi connectivity index (χ3n) is 15.7. The first-order valence-electron chi connectivity index (χ1n) is 32.3. The Balaban J connectivity index is 0.000000205. The lowest BCUT2D eigenvalue weighted by molar-refractivity contribution is -0.387. The van der Waals surface area contributed by atoms with E-state index in [1.54, 1.807) is 45.2 Å². The van der Waals surface area contributed by atoms with E-state index in [1.807, 2.05) is 0 Å². The van der Waals surface area contributed by atoms with E-state index >= 15 is 0 Å². The van der Waals surface area contributed by atoms with Gasteiger partial charge in [0.05, 0.1) is 107 Å². The Labute approximate surface area is 733 Å². The Morgan fingerprint density at radius 1 is 0.274 bits per heavy atom. The molecule has 648 valence electrons. The van der Waals surface area contributed by atoms with Gasteiger partial charge in [0.2, 0.25) is 70.7 Å². The zero-order valence-corrected chi connectivity index (χ0v) is 72.4. The van der Waals surface area contributed by atoms with Crippen LogP contribution in [0.15, 0.2) is 298 Å². The molecule has 12 rings (SSSR count). The number of hydrogen-bond acceptors (Lipinski definition) is 18. The number of nitrogens with zero attached hydrogens (tertiary/aromatic N) is 4. The van der Waals surface area contributed by atoms with Crippen molar-refractivity contribution in [3.63, 3.8) is 0 Å². The molecule has 0 bridgehead atoms. The number of benzene rings is 12. The summed E-state index contributed by atoms with van der Waals surface area (Å²) in [6.45, 7) is 0. The van der Waals surface area contributed by atoms with Gasteiger partial charge in [-0.1, -0.05) is 0 Å². The Hall–Kier alpha value is -10.7. The molecule has 0 saturated carbocycles. The predicted octanol–water partition coefficient (Wildman–Crippen LogP) is 21.1. The van der Waals surface area contributed by atoms with Gasteiger partial charge in [-0.25, -0.2) is 94.4 Å². The molecule has 0 heterocycles. The maximum atomic E-state index is 13.3. The summed E-state index contributed by atoms with van der Waals surface area (Å²) in [5, 5.41) is 38.8. The van der Waals surface area contributed by atoms with E-state index in [4.69, 9.17) is 10.5 Å². The molecule has 0 aliphatic heterocycles. The summed E-state index contributed by atoms with van der Waals surface area (Å²) in [4.78, 5) is 14.8. The van der Waals surface area contributed by atoms with Gasteiger partial charge in [-0.3, -0.25) is 20.2 Å². The van der Waals surface area contributed by atoms with Crippen molar-refractivity contribution < 1.29 is 139 Å². The van der Waals surface area contributed by atoms with Crippen molar-refractivity contribution in [2.24, 2.45) is 0 Å². The molecule has 0 atom stereocenters. The van der Waals surface area contributed by atoms with Crippen molar-refractivity contribution in [2.45, 2.75) is 71.1 Å². The SMILES string of the molecule is N#Cc1cc(S(=O)(=O)c2ccc(F)c(C#N)c2)ccc1F.O=S(=O)(c1ccc(F)c(Br)c1)c1ccc(F)c(Br)c1.O=S(=O)(c1ccc(F)c(C(F)(F)F)c1)c1ccc(F)c(C(F)(F)F)c1.O=S(=O)(c1ccc(F)c(I)c1)c1ccc(F)c(I)c1.O=S(=O)(c1ccc(F)cc1)c1ccc(F)cc1.O=[N+]([O-])c1cc(S(=O)(=O)c2ccc(F)c([N+](=O)[O-])c2)ccc1F. The van der Waals surface area contributed by atoms with Gasteiger partial charge < -0.3 is 0 Å². The minimum absolute atomic E-state index is 0.0132. The van der Waals surface area contributed by atoms with E-state index in [-0.39, 0.29) is 79.5 Å². The van der Waals surface area contributed by atoms with E-state index in [1.165, 1.54) is 72.8 Å². The van der Waals surface area contributed by atoms with Gasteiger partial charge in [-0.2, -0.15) is 45.6 Å². The van der Waals surface area contributed by atoms with Gasteiger partial charge in [0, 0.05) is 12.1 Å². The zero-order chi connectivity index (χ0) is 93.1. The lowest BCUT2D eigenvalue weighted by Gasteiger charge is -2.12. The Morgan fingerprint density at radius 2 is 0.476 bits per heavy atom. The normalized spacial score (nSPS) is 11.6. The molecular weight excluding hydrogens is 2170 g/mol. The summed E-state index contributed by atoms with van der Waals surface area (Å²) in [5.74, 6) is -10.7. The number of sulfone groups is 6. The summed E-state index contributed by atoms with van der Waals surface area (Å²) in [6.07, 6.45) is -10.4. The van der Waals surface area contributed by atoms with Crippen LogP contribution in [0.1, 0.15) is 22.3 Å². The monoisotopic (exact) mass is 2210 g/mol. The van der Waals surface area contributed by atoms with Crippen molar-refractivity contribution in [1.82, 2.24) is 0 Å². The zero-order valence-electron chi connectivity index (χ0n) is 60.0. The number of rotatable bonds is 14. The van der Waals surface area contributed by atoms with E-state index < -0.39 is 204 Å². The minimum atomic E-state index is -5.21. The maximum Gasteiger partial charge on any atom is 0.419 e.